The van der Waals surface area contributed by atoms with Gasteiger partial charge < -0.3 is 5.32 Å². The minimum Gasteiger partial charge on any atom is -0.349 e. The van der Waals surface area contributed by atoms with Crippen LogP contribution >= 0.6 is 11.6 Å². The number of carbonyl (C=O) groups excluding carboxylic acids is 1. The first-order valence-corrected chi connectivity index (χ1v) is 7.00. The summed E-state index contributed by atoms with van der Waals surface area (Å²) >= 11 is 6.01. The summed E-state index contributed by atoms with van der Waals surface area (Å²) in [5, 5.41) is 3.58. The van der Waals surface area contributed by atoms with Gasteiger partial charge in [-0.3, -0.25) is 9.78 Å². The highest BCUT2D eigenvalue weighted by Gasteiger charge is 2.25. The quantitative estimate of drug-likeness (QED) is 0.911. The Hall–Kier alpha value is -1.09. The minimum atomic E-state index is -0.0987. The third-order valence-electron chi connectivity index (χ3n) is 3.76. The zero-order valence-corrected chi connectivity index (χ0v) is 11.4. The van der Waals surface area contributed by atoms with Gasteiger partial charge in [0.25, 0.3) is 5.91 Å². The van der Waals surface area contributed by atoms with E-state index in [1.54, 1.807) is 12.3 Å². The van der Waals surface area contributed by atoms with Crippen molar-refractivity contribution in [2.45, 2.75) is 45.1 Å². The molecule has 1 aliphatic carbocycles. The standard InChI is InChI=1S/C14H19ClN2O/c1-2-10-5-3-4-6-13(10)17-14(18)11-9-16-8-7-12(11)15/h7-10,13H,2-6H2,1H3,(H,17,18). The largest absolute Gasteiger partial charge is 0.349 e. The van der Waals surface area contributed by atoms with Crippen molar-refractivity contribution in [1.29, 1.82) is 0 Å². The van der Waals surface area contributed by atoms with Gasteiger partial charge in [0.05, 0.1) is 10.6 Å². The summed E-state index contributed by atoms with van der Waals surface area (Å²) in [4.78, 5) is 16.1. The molecule has 98 valence electrons. The molecule has 1 N–H and O–H groups in total. The summed E-state index contributed by atoms with van der Waals surface area (Å²) in [6.07, 6.45) is 8.99. The molecule has 4 heteroatoms. The third kappa shape index (κ3) is 3.02. The number of pyridine rings is 1. The first kappa shape index (κ1) is 13.3. The van der Waals surface area contributed by atoms with Crippen LogP contribution in [-0.4, -0.2) is 16.9 Å². The summed E-state index contributed by atoms with van der Waals surface area (Å²) < 4.78 is 0. The number of hydrogen-bond donors (Lipinski definition) is 1. The lowest BCUT2D eigenvalue weighted by Gasteiger charge is -2.31. The van der Waals surface area contributed by atoms with Crippen LogP contribution in [0.2, 0.25) is 5.02 Å². The zero-order valence-electron chi connectivity index (χ0n) is 10.7. The van der Waals surface area contributed by atoms with E-state index in [0.717, 1.165) is 12.8 Å². The maximum atomic E-state index is 12.2. The topological polar surface area (TPSA) is 42.0 Å². The Balaban J connectivity index is 2.04. The number of rotatable bonds is 3. The van der Waals surface area contributed by atoms with Gasteiger partial charge in [-0.25, -0.2) is 0 Å². The average molecular weight is 267 g/mol. The van der Waals surface area contributed by atoms with E-state index in [4.69, 9.17) is 11.6 Å². The van der Waals surface area contributed by atoms with Gasteiger partial charge in [-0.05, 0) is 24.8 Å². The number of nitrogens with zero attached hydrogens (tertiary/aromatic N) is 1. The van der Waals surface area contributed by atoms with Crippen molar-refractivity contribution >= 4 is 17.5 Å². The molecular formula is C14H19ClN2O. The molecule has 1 aromatic rings. The van der Waals surface area contributed by atoms with E-state index in [2.05, 4.69) is 17.2 Å². The summed E-state index contributed by atoms with van der Waals surface area (Å²) in [6.45, 7) is 2.19. The maximum Gasteiger partial charge on any atom is 0.254 e. The Bertz CT molecular complexity index is 422. The summed E-state index contributed by atoms with van der Waals surface area (Å²) in [5.74, 6) is 0.497. The highest BCUT2D eigenvalue weighted by atomic mass is 35.5. The number of amides is 1. The lowest BCUT2D eigenvalue weighted by atomic mass is 9.83. The summed E-state index contributed by atoms with van der Waals surface area (Å²) in [7, 11) is 0. The molecular weight excluding hydrogens is 248 g/mol. The molecule has 1 fully saturated rings. The molecule has 0 aromatic carbocycles. The molecule has 1 saturated carbocycles. The monoisotopic (exact) mass is 266 g/mol. The molecule has 2 rings (SSSR count). The van der Waals surface area contributed by atoms with Crippen molar-refractivity contribution in [2.75, 3.05) is 0 Å². The molecule has 0 saturated heterocycles. The van der Waals surface area contributed by atoms with E-state index in [1.807, 2.05) is 0 Å². The Morgan fingerprint density at radius 3 is 3.00 bits per heavy atom. The molecule has 2 unspecified atom stereocenters. The lowest BCUT2D eigenvalue weighted by Crippen LogP contribution is -2.42. The van der Waals surface area contributed by atoms with E-state index in [1.165, 1.54) is 25.5 Å². The Kier molecular flexibility index (Phi) is 4.59. The molecule has 1 aliphatic rings. The van der Waals surface area contributed by atoms with Crippen LogP contribution in [-0.2, 0) is 0 Å². The summed E-state index contributed by atoms with van der Waals surface area (Å²) in [5.41, 5.74) is 0.472. The maximum absolute atomic E-state index is 12.2. The highest BCUT2D eigenvalue weighted by molar-refractivity contribution is 6.33. The highest BCUT2D eigenvalue weighted by Crippen LogP contribution is 2.27. The van der Waals surface area contributed by atoms with Crippen molar-refractivity contribution in [1.82, 2.24) is 10.3 Å². The Morgan fingerprint density at radius 2 is 2.28 bits per heavy atom. The van der Waals surface area contributed by atoms with Crippen LogP contribution in [0.1, 0.15) is 49.4 Å². The average Bonchev–Trinajstić information content (AvgIpc) is 2.39. The second kappa shape index (κ2) is 6.19. The molecule has 0 aliphatic heterocycles. The third-order valence-corrected chi connectivity index (χ3v) is 4.09. The van der Waals surface area contributed by atoms with Gasteiger partial charge in [0.15, 0.2) is 0 Å². The predicted octanol–water partition coefficient (Wildman–Crippen LogP) is 3.43. The van der Waals surface area contributed by atoms with Crippen molar-refractivity contribution in [2.24, 2.45) is 5.92 Å². The zero-order chi connectivity index (χ0) is 13.0. The van der Waals surface area contributed by atoms with Gasteiger partial charge in [0.1, 0.15) is 0 Å². The van der Waals surface area contributed by atoms with Crippen LogP contribution in [0.25, 0.3) is 0 Å². The number of aromatic nitrogens is 1. The molecule has 1 heterocycles. The molecule has 0 bridgehead atoms. The van der Waals surface area contributed by atoms with Crippen molar-refractivity contribution in [3.8, 4) is 0 Å². The molecule has 1 amide bonds. The number of nitrogens with one attached hydrogen (secondary N) is 1. The fourth-order valence-electron chi connectivity index (χ4n) is 2.68. The van der Waals surface area contributed by atoms with Crippen LogP contribution in [0.15, 0.2) is 18.5 Å². The number of halogens is 1. The van der Waals surface area contributed by atoms with E-state index in [-0.39, 0.29) is 11.9 Å². The van der Waals surface area contributed by atoms with E-state index < -0.39 is 0 Å². The molecule has 2 atom stereocenters. The Labute approximate surface area is 113 Å². The number of hydrogen-bond acceptors (Lipinski definition) is 2. The normalized spacial score (nSPS) is 23.7. The van der Waals surface area contributed by atoms with E-state index in [9.17, 15) is 4.79 Å². The fourth-order valence-corrected chi connectivity index (χ4v) is 2.87. The SMILES string of the molecule is CCC1CCCCC1NC(=O)c1cnccc1Cl. The summed E-state index contributed by atoms with van der Waals surface area (Å²) in [6, 6.07) is 1.93. The van der Waals surface area contributed by atoms with E-state index >= 15 is 0 Å². The van der Waals surface area contributed by atoms with Crippen LogP contribution < -0.4 is 5.32 Å². The van der Waals surface area contributed by atoms with Crippen molar-refractivity contribution in [3.05, 3.63) is 29.0 Å². The number of carbonyl (C=O) groups is 1. The molecule has 0 spiro atoms. The van der Waals surface area contributed by atoms with Crippen LogP contribution in [0.5, 0.6) is 0 Å². The first-order valence-electron chi connectivity index (χ1n) is 6.62. The van der Waals surface area contributed by atoms with Crippen LogP contribution in [0.4, 0.5) is 0 Å². The van der Waals surface area contributed by atoms with Crippen molar-refractivity contribution in [3.63, 3.8) is 0 Å². The van der Waals surface area contributed by atoms with Gasteiger partial charge in [-0.2, -0.15) is 0 Å². The second-order valence-corrected chi connectivity index (χ2v) is 5.30. The molecule has 3 nitrogen and oxygen atoms in total. The molecule has 1 aromatic heterocycles. The first-order chi connectivity index (χ1) is 8.72. The van der Waals surface area contributed by atoms with Gasteiger partial charge in [-0.15, -0.1) is 0 Å². The van der Waals surface area contributed by atoms with Gasteiger partial charge in [0.2, 0.25) is 0 Å². The minimum absolute atomic E-state index is 0.0987. The molecule has 0 radical (unpaired) electrons. The second-order valence-electron chi connectivity index (χ2n) is 4.89. The van der Waals surface area contributed by atoms with Crippen molar-refractivity contribution < 1.29 is 4.79 Å². The fraction of sp³-hybridized carbons (Fsp3) is 0.571. The van der Waals surface area contributed by atoms with Crippen LogP contribution in [0, 0.1) is 5.92 Å². The van der Waals surface area contributed by atoms with Gasteiger partial charge >= 0.3 is 0 Å². The predicted molar refractivity (Wildman–Crippen MR) is 72.8 cm³/mol. The van der Waals surface area contributed by atoms with Crippen LogP contribution in [0.3, 0.4) is 0 Å². The van der Waals surface area contributed by atoms with Gasteiger partial charge in [0, 0.05) is 18.4 Å². The smallest absolute Gasteiger partial charge is 0.254 e. The van der Waals surface area contributed by atoms with Gasteiger partial charge in [-0.1, -0.05) is 37.8 Å². The molecule has 18 heavy (non-hydrogen) atoms. The Morgan fingerprint density at radius 1 is 1.50 bits per heavy atom. The lowest BCUT2D eigenvalue weighted by molar-refractivity contribution is 0.0904. The van der Waals surface area contributed by atoms with E-state index in [0.29, 0.717) is 16.5 Å².